The van der Waals surface area contributed by atoms with Gasteiger partial charge in [0.25, 0.3) is 0 Å². The van der Waals surface area contributed by atoms with Gasteiger partial charge in [0.15, 0.2) is 0 Å². The molecule has 0 aliphatic carbocycles. The van der Waals surface area contributed by atoms with Crippen LogP contribution in [0.4, 0.5) is 0 Å². The third-order valence-electron chi connectivity index (χ3n) is 7.39. The van der Waals surface area contributed by atoms with E-state index in [0.29, 0.717) is 38.9 Å². The van der Waals surface area contributed by atoms with E-state index >= 15 is 0 Å². The Morgan fingerprint density at radius 3 is 2.69 bits per heavy atom. The van der Waals surface area contributed by atoms with Crippen LogP contribution in [0.1, 0.15) is 51.9 Å². The number of esters is 1. The minimum Gasteiger partial charge on any atom is -0.461 e. The molecule has 3 aliphatic rings. The van der Waals surface area contributed by atoms with E-state index in [-0.39, 0.29) is 29.9 Å². The monoisotopic (exact) mass is 554 g/mol. The summed E-state index contributed by atoms with van der Waals surface area (Å²) in [4.78, 5) is 44.2. The summed E-state index contributed by atoms with van der Waals surface area (Å²) in [6.07, 6.45) is 8.07. The van der Waals surface area contributed by atoms with Crippen molar-refractivity contribution in [3.8, 4) is 0 Å². The average Bonchev–Trinajstić information content (AvgIpc) is 3.43. The number of rotatable bonds is 15. The van der Waals surface area contributed by atoms with Crippen molar-refractivity contribution >= 4 is 33.7 Å². The Morgan fingerprint density at radius 2 is 2.03 bits per heavy atom. The number of nitrogens with zero attached hydrogens (tertiary/aromatic N) is 2. The first kappa shape index (κ1) is 27.9. The summed E-state index contributed by atoms with van der Waals surface area (Å²) in [5, 5.41) is 9.16. The summed E-state index contributed by atoms with van der Waals surface area (Å²) in [6.45, 7) is 11.0. The van der Waals surface area contributed by atoms with Gasteiger partial charge in [-0.15, -0.1) is 6.58 Å². The van der Waals surface area contributed by atoms with Crippen molar-refractivity contribution in [2.45, 2.75) is 74.4 Å². The van der Waals surface area contributed by atoms with Gasteiger partial charge in [0.1, 0.15) is 18.2 Å². The average molecular weight is 556 g/mol. The van der Waals surface area contributed by atoms with E-state index in [9.17, 15) is 14.4 Å². The van der Waals surface area contributed by atoms with Gasteiger partial charge in [0.05, 0.1) is 17.9 Å². The molecule has 0 radical (unpaired) electrons. The summed E-state index contributed by atoms with van der Waals surface area (Å²) in [5.41, 5.74) is -1.08. The van der Waals surface area contributed by atoms with Crippen molar-refractivity contribution in [3.05, 3.63) is 25.3 Å². The van der Waals surface area contributed by atoms with Gasteiger partial charge in [-0.3, -0.25) is 14.4 Å². The van der Waals surface area contributed by atoms with Crippen LogP contribution in [0, 0.1) is 11.8 Å². The van der Waals surface area contributed by atoms with E-state index in [0.717, 1.165) is 25.7 Å². The van der Waals surface area contributed by atoms with Crippen LogP contribution in [-0.4, -0.2) is 88.1 Å². The maximum absolute atomic E-state index is 14.1. The Labute approximate surface area is 216 Å². The molecular weight excluding hydrogens is 516 g/mol. The number of alkyl halides is 1. The lowest BCUT2D eigenvalue weighted by Crippen LogP contribution is -2.57. The third kappa shape index (κ3) is 5.37. The van der Waals surface area contributed by atoms with Crippen LogP contribution in [0.3, 0.4) is 0 Å². The van der Waals surface area contributed by atoms with Gasteiger partial charge in [0.2, 0.25) is 11.8 Å². The van der Waals surface area contributed by atoms with Gasteiger partial charge < -0.3 is 24.4 Å². The summed E-state index contributed by atoms with van der Waals surface area (Å²) < 4.78 is 11.8. The molecule has 0 saturated carbocycles. The molecule has 6 atom stereocenters. The van der Waals surface area contributed by atoms with Crippen LogP contribution in [0.2, 0.25) is 0 Å². The number of likely N-dealkylation sites (tertiary alicyclic amines) is 1. The lowest BCUT2D eigenvalue weighted by Gasteiger charge is -2.37. The Morgan fingerprint density at radius 1 is 1.26 bits per heavy atom. The maximum Gasteiger partial charge on any atom is 0.312 e. The zero-order valence-electron chi connectivity index (χ0n) is 20.7. The van der Waals surface area contributed by atoms with Crippen molar-refractivity contribution < 1.29 is 29.0 Å². The van der Waals surface area contributed by atoms with Crippen LogP contribution in [0.25, 0.3) is 0 Å². The van der Waals surface area contributed by atoms with Gasteiger partial charge >= 0.3 is 5.97 Å². The van der Waals surface area contributed by atoms with Gasteiger partial charge in [0, 0.05) is 31.1 Å². The van der Waals surface area contributed by atoms with Gasteiger partial charge in [-0.1, -0.05) is 54.4 Å². The molecule has 2 bridgehead atoms. The Kier molecular flexibility index (Phi) is 9.95. The van der Waals surface area contributed by atoms with E-state index in [1.807, 2.05) is 0 Å². The molecule has 2 amide bonds. The number of aliphatic hydroxyl groups is 1. The first-order valence-corrected chi connectivity index (χ1v) is 13.7. The van der Waals surface area contributed by atoms with E-state index in [1.54, 1.807) is 15.9 Å². The molecule has 0 aromatic rings. The summed E-state index contributed by atoms with van der Waals surface area (Å²) in [5.74, 6) is -2.39. The number of amides is 2. The van der Waals surface area contributed by atoms with Crippen LogP contribution < -0.4 is 0 Å². The first-order chi connectivity index (χ1) is 16.9. The third-order valence-corrected chi connectivity index (χ3v) is 8.23. The van der Waals surface area contributed by atoms with Crippen LogP contribution in [0.5, 0.6) is 0 Å². The number of halogens is 1. The normalized spacial score (nSPS) is 30.9. The van der Waals surface area contributed by atoms with Crippen molar-refractivity contribution in [3.63, 3.8) is 0 Å². The summed E-state index contributed by atoms with van der Waals surface area (Å²) in [7, 11) is 0. The molecule has 196 valence electrons. The molecule has 8 nitrogen and oxygen atoms in total. The lowest BCUT2D eigenvalue weighted by atomic mass is 9.70. The van der Waals surface area contributed by atoms with Crippen molar-refractivity contribution in [2.75, 3.05) is 32.8 Å². The fourth-order valence-electron chi connectivity index (χ4n) is 5.90. The predicted molar refractivity (Wildman–Crippen MR) is 136 cm³/mol. The highest BCUT2D eigenvalue weighted by Crippen LogP contribution is 2.60. The predicted octanol–water partition coefficient (Wildman–Crippen LogP) is 2.83. The zero-order chi connectivity index (χ0) is 25.6. The molecule has 3 fully saturated rings. The topological polar surface area (TPSA) is 96.4 Å². The van der Waals surface area contributed by atoms with Gasteiger partial charge in [-0.05, 0) is 32.1 Å². The highest BCUT2D eigenvalue weighted by atomic mass is 79.9. The van der Waals surface area contributed by atoms with Crippen LogP contribution in [0.15, 0.2) is 25.3 Å². The van der Waals surface area contributed by atoms with Gasteiger partial charge in [-0.2, -0.15) is 0 Å². The number of hydrogen-bond donors (Lipinski definition) is 1. The molecule has 0 aromatic heterocycles. The zero-order valence-corrected chi connectivity index (χ0v) is 22.3. The molecule has 35 heavy (non-hydrogen) atoms. The number of carbonyl (C=O) groups excluding carboxylic acids is 3. The molecule has 3 saturated heterocycles. The molecule has 3 aliphatic heterocycles. The number of carbonyl (C=O) groups is 3. The fourth-order valence-corrected chi connectivity index (χ4v) is 6.84. The number of aliphatic hydroxyl groups excluding tert-OH is 1. The van der Waals surface area contributed by atoms with Crippen molar-refractivity contribution in [1.82, 2.24) is 9.80 Å². The van der Waals surface area contributed by atoms with Gasteiger partial charge in [-0.25, -0.2) is 0 Å². The molecule has 1 spiro atoms. The smallest absolute Gasteiger partial charge is 0.312 e. The highest BCUT2D eigenvalue weighted by molar-refractivity contribution is 9.09. The molecule has 3 rings (SSSR count). The number of hydrogen-bond acceptors (Lipinski definition) is 6. The highest BCUT2D eigenvalue weighted by Gasteiger charge is 2.77. The largest absolute Gasteiger partial charge is 0.461 e. The minimum atomic E-state index is -1.08. The molecule has 9 heteroatoms. The van der Waals surface area contributed by atoms with E-state index < -0.39 is 35.6 Å². The van der Waals surface area contributed by atoms with Crippen LogP contribution >= 0.6 is 15.9 Å². The SMILES string of the molecule is C=CCOC(=O)[C@H]1[C@@H]2OC3(CC2Br)C(C(=O)N(CC=C)CCCCC)N(CCCCCO)C(=O)[C@H]13. The summed E-state index contributed by atoms with van der Waals surface area (Å²) in [6, 6.07) is -0.807. The second-order valence-electron chi connectivity index (χ2n) is 9.68. The minimum absolute atomic E-state index is 0.0562. The first-order valence-electron chi connectivity index (χ1n) is 12.8. The second-order valence-corrected chi connectivity index (χ2v) is 10.9. The quantitative estimate of drug-likeness (QED) is 0.145. The molecule has 0 aromatic carbocycles. The molecule has 3 unspecified atom stereocenters. The van der Waals surface area contributed by atoms with E-state index in [4.69, 9.17) is 14.6 Å². The second kappa shape index (κ2) is 12.5. The lowest BCUT2D eigenvalue weighted by molar-refractivity contribution is -0.154. The number of unbranched alkanes of at least 4 members (excludes halogenated alkanes) is 4. The summed E-state index contributed by atoms with van der Waals surface area (Å²) >= 11 is 3.66. The maximum atomic E-state index is 14.1. The number of ether oxygens (including phenoxy) is 2. The molecule has 1 N–H and O–H groups in total. The molecular formula is C26H39BrN2O6. The number of fused-ring (bicyclic) bond motifs is 1. The van der Waals surface area contributed by atoms with Crippen LogP contribution in [-0.2, 0) is 23.9 Å². The van der Waals surface area contributed by atoms with E-state index in [1.165, 1.54) is 6.08 Å². The Hall–Kier alpha value is -1.71. The van der Waals surface area contributed by atoms with Crippen molar-refractivity contribution in [1.29, 1.82) is 0 Å². The Bertz CT molecular complexity index is 807. The Balaban J connectivity index is 1.95. The molecule has 3 heterocycles. The standard InChI is InChI=1S/C26H39BrN2O6/c1-4-7-9-13-28(12-5-2)24(32)22-26-17-18(27)21(35-26)19(25(33)34-16-6-3)20(26)23(31)29(22)14-10-8-11-15-30/h5-6,18-22,30H,2-4,7-17H2,1H3/t18?,19-,20+,21-,22?,26?/m1/s1. The van der Waals surface area contributed by atoms with E-state index in [2.05, 4.69) is 36.0 Å². The fraction of sp³-hybridized carbons (Fsp3) is 0.731. The van der Waals surface area contributed by atoms with Crippen molar-refractivity contribution in [2.24, 2.45) is 11.8 Å².